The third-order valence-corrected chi connectivity index (χ3v) is 19.6. The second-order valence-electron chi connectivity index (χ2n) is 22.1. The average molecular weight is 1140 g/mol. The number of fused-ring (bicyclic) bond motifs is 10. The van der Waals surface area contributed by atoms with Crippen LogP contribution in [-0.4, -0.2) is 84.2 Å². The minimum Gasteiger partial charge on any atom is -1.00 e. The summed E-state index contributed by atoms with van der Waals surface area (Å²) in [5.41, 5.74) is -1.77. The molecule has 69 heavy (non-hydrogen) atoms. The molecule has 16 atom stereocenters. The number of carbonyl (C=O) groups excluding carboxylic acids is 3. The van der Waals surface area contributed by atoms with Gasteiger partial charge in [-0.2, -0.15) is 5.10 Å². The van der Waals surface area contributed by atoms with Crippen molar-refractivity contribution < 1.29 is 148 Å². The molecule has 0 amide bonds. The van der Waals surface area contributed by atoms with Crippen LogP contribution in [0.2, 0.25) is 0 Å². The maximum atomic E-state index is 13.3. The van der Waals surface area contributed by atoms with Gasteiger partial charge in [0.25, 0.3) is 6.47 Å². The summed E-state index contributed by atoms with van der Waals surface area (Å²) in [6, 6.07) is 1.88. The largest absolute Gasteiger partial charge is 1.00 e. The smallest absolute Gasteiger partial charge is 1.00 e. The van der Waals surface area contributed by atoms with Crippen LogP contribution in [0, 0.1) is 81.8 Å². The third kappa shape index (κ3) is 15.3. The van der Waals surface area contributed by atoms with E-state index in [1.807, 2.05) is 24.4 Å². The van der Waals surface area contributed by atoms with E-state index in [9.17, 15) is 28.6 Å². The number of hydrogen-bond acceptors (Lipinski definition) is 10. The quantitative estimate of drug-likeness (QED) is 0.0582. The zero-order chi connectivity index (χ0) is 48.6. The Balaban J connectivity index is 0.000000287. The Hall–Kier alpha value is 1.71. The number of carbonyl (C=O) groups is 3. The first-order valence-corrected chi connectivity index (χ1v) is 27.4. The number of thiol groups is 2. The molecule has 18 heteroatoms. The van der Waals surface area contributed by atoms with E-state index in [0.29, 0.717) is 94.1 Å². The van der Waals surface area contributed by atoms with Crippen LogP contribution in [0.15, 0.2) is 35.6 Å². The van der Waals surface area contributed by atoms with Gasteiger partial charge in [-0.1, -0.05) is 48.1 Å². The van der Waals surface area contributed by atoms with Crippen molar-refractivity contribution in [3.05, 3.63) is 30.6 Å². The van der Waals surface area contributed by atoms with E-state index >= 15 is 0 Å². The molecule has 0 radical (unpaired) electrons. The van der Waals surface area contributed by atoms with E-state index in [4.69, 9.17) is 10.1 Å². The topological polar surface area (TPSA) is 154 Å². The van der Waals surface area contributed by atoms with Crippen LogP contribution in [0.25, 0.3) is 0 Å². The van der Waals surface area contributed by atoms with Crippen molar-refractivity contribution >= 4 is 81.2 Å². The second-order valence-corrected chi connectivity index (χ2v) is 24.9. The first-order chi connectivity index (χ1) is 32.0. The molecule has 1 aliphatic heterocycles. The van der Waals surface area contributed by atoms with Gasteiger partial charge >= 0.3 is 103 Å². The van der Waals surface area contributed by atoms with Gasteiger partial charge in [-0.05, 0) is 198 Å². The maximum absolute atomic E-state index is 13.3. The number of hydrogen-bond donors (Lipinski definition) is 4. The zero-order valence-electron chi connectivity index (χ0n) is 42.4. The monoisotopic (exact) mass is 1130 g/mol. The van der Waals surface area contributed by atoms with Gasteiger partial charge in [0.1, 0.15) is 19.1 Å². The molecule has 0 spiro atoms. The molecule has 0 unspecified atom stereocenters. The minimum atomic E-state index is -1.06. The molecular formula is C51H76BrF2K2N3O7S3. The van der Waals surface area contributed by atoms with Crippen LogP contribution in [0.5, 0.6) is 0 Å². The summed E-state index contributed by atoms with van der Waals surface area (Å²) >= 11 is 14.8. The van der Waals surface area contributed by atoms with Crippen molar-refractivity contribution in [2.45, 2.75) is 147 Å². The van der Waals surface area contributed by atoms with Gasteiger partial charge in [0, 0.05) is 30.4 Å². The van der Waals surface area contributed by atoms with Gasteiger partial charge < -0.3 is 21.8 Å². The van der Waals surface area contributed by atoms with Crippen molar-refractivity contribution in [1.29, 1.82) is 0 Å². The number of rotatable bonds is 8. The third-order valence-electron chi connectivity index (χ3n) is 19.1. The van der Waals surface area contributed by atoms with Crippen molar-refractivity contribution in [1.82, 2.24) is 9.78 Å². The molecule has 9 aliphatic rings. The number of halogens is 3. The van der Waals surface area contributed by atoms with Gasteiger partial charge in [-0.25, -0.2) is 8.78 Å². The number of alkyl halides is 3. The molecule has 378 valence electrons. The Bertz CT molecular complexity index is 1890. The normalized spacial score (nSPS) is 40.4. The van der Waals surface area contributed by atoms with Crippen LogP contribution >= 0.6 is 53.4 Å². The van der Waals surface area contributed by atoms with E-state index in [2.05, 4.69) is 82.2 Å². The van der Waals surface area contributed by atoms with Gasteiger partial charge in [0.05, 0.1) is 33.2 Å². The Morgan fingerprint density at radius 1 is 0.797 bits per heavy atom. The minimum absolute atomic E-state index is 0. The first-order valence-electron chi connectivity index (χ1n) is 24.9. The number of ketones is 2. The summed E-state index contributed by atoms with van der Waals surface area (Å²) in [7, 11) is 0. The van der Waals surface area contributed by atoms with E-state index in [1.54, 1.807) is 17.1 Å². The standard InChI is InChI=1S/C24H35FN2O2.C21H32BrFO2.C4H5N.CH2O3.CH2S3.2K.H/c1-23-9-7-18-17-8-10-24(29,15-25)13-16(17)3-4-19(18)20(23)5-6-21(23)22(28)14-27-12-2-11-26-27;1-20-8-6-15-14-7-9-21(25,12-23)10-13(14)2-3-16(15)17(20)4-5-18(20)19(24)11-22;1-2-4-5-3-1;2-1-4-3;2-1(3)4;;;/h2,11-12,16-21,29H,3-10,13-15H2,1H3;13-18,25H,2-12H2,1H3;1-3H,4H2;1,3H;(H2,2,3,4);;;/q;;;;;2*+1;-1/p-1/t16-,17+,18-,19-,20+,21-,23+,24-;13-,14+,15-,16-,17+,18-,20+,21-;;;;;;/m11....../s1. The number of aromatic nitrogens is 2. The van der Waals surface area contributed by atoms with Crippen molar-refractivity contribution in [3.8, 4) is 0 Å². The first kappa shape index (κ1) is 63.2. The number of aliphatic hydroxyl groups is 2. The Morgan fingerprint density at radius 2 is 1.26 bits per heavy atom. The fourth-order valence-electron chi connectivity index (χ4n) is 16.3. The number of aliphatic imine (C=N–C) groups is 1. The number of allylic oxidation sites excluding steroid dienone is 1. The number of Topliss-reactive ketones (excluding diaryl/α,β-unsaturated/α-hetero) is 2. The van der Waals surface area contributed by atoms with Gasteiger partial charge in [-0.15, -0.1) is 25.3 Å². The SMILES string of the molecule is C1=CCN=C1.C[C@]12CC[C@H]3[C@@H](CC[C@@H]4C[C@@](O)(CF)CC[C@@H]43)[C@@H]1CC[C@@H]2C(=O)CBr.C[C@]12CC[C@H]3[C@@H](CC[C@@H]4C[C@@](O)(CF)CC[C@@H]43)[C@@H]1CC[C@@H]2C(=O)Cn1cccn1.O=CO[O-].S=C(S)S.[H-].[K+].[K+]. The maximum Gasteiger partial charge on any atom is 1.00 e. The molecular weight excluding hydrogens is 1060 g/mol. The van der Waals surface area contributed by atoms with Crippen molar-refractivity contribution in [2.75, 3.05) is 25.2 Å². The van der Waals surface area contributed by atoms with Gasteiger partial charge in [0.15, 0.2) is 5.78 Å². The van der Waals surface area contributed by atoms with E-state index in [0.717, 1.165) is 69.2 Å². The molecule has 2 heterocycles. The molecule has 1 aromatic heterocycles. The molecule has 0 aromatic carbocycles. The summed E-state index contributed by atoms with van der Waals surface area (Å²) in [6.07, 6.45) is 27.9. The number of nitrogens with zero attached hydrogens (tertiary/aromatic N) is 3. The summed E-state index contributed by atoms with van der Waals surface area (Å²) in [4.78, 5) is 40.7. The Labute approximate surface area is 521 Å². The Morgan fingerprint density at radius 3 is 1.62 bits per heavy atom. The van der Waals surface area contributed by atoms with Gasteiger partial charge in [0.2, 0.25) is 0 Å². The fourth-order valence-corrected chi connectivity index (χ4v) is 16.7. The van der Waals surface area contributed by atoms with Crippen LogP contribution in [0.1, 0.15) is 131 Å². The second kappa shape index (κ2) is 28.9. The van der Waals surface area contributed by atoms with Crippen LogP contribution in [0.4, 0.5) is 8.78 Å². The van der Waals surface area contributed by atoms with Crippen LogP contribution in [-0.2, 0) is 25.8 Å². The predicted molar refractivity (Wildman–Crippen MR) is 270 cm³/mol. The average Bonchev–Trinajstić information content (AvgIpc) is 4.17. The summed E-state index contributed by atoms with van der Waals surface area (Å²) in [5.74, 6) is 7.81. The molecule has 8 saturated carbocycles. The molecule has 0 bridgehead atoms. The molecule has 8 fully saturated rings. The summed E-state index contributed by atoms with van der Waals surface area (Å²) < 4.78 is 28.8. The van der Waals surface area contributed by atoms with Crippen LogP contribution < -0.4 is 108 Å². The molecule has 0 saturated heterocycles. The van der Waals surface area contributed by atoms with E-state index in [1.165, 1.54) is 44.9 Å². The van der Waals surface area contributed by atoms with E-state index in [-0.39, 0.29) is 133 Å². The van der Waals surface area contributed by atoms with Crippen molar-refractivity contribution in [3.63, 3.8) is 0 Å². The molecule has 10 nitrogen and oxygen atoms in total. The summed E-state index contributed by atoms with van der Waals surface area (Å²) in [5, 5.41) is 34.1. The molecule has 8 aliphatic carbocycles. The fraction of sp³-hybridized carbons (Fsp3) is 0.804. The Kier molecular flexibility index (Phi) is 26.5. The molecule has 10 rings (SSSR count). The molecule has 2 N–H and O–H groups in total. The number of thiocarbonyl (C=S) groups is 1. The summed E-state index contributed by atoms with van der Waals surface area (Å²) in [6.45, 7) is 4.72. The van der Waals surface area contributed by atoms with Crippen molar-refractivity contribution in [2.24, 2.45) is 86.8 Å². The van der Waals surface area contributed by atoms with Gasteiger partial charge in [-0.3, -0.25) is 24.1 Å². The zero-order valence-corrected chi connectivity index (χ0v) is 51.9. The van der Waals surface area contributed by atoms with E-state index < -0.39 is 24.6 Å². The molecule has 1 aromatic rings. The predicted octanol–water partition coefficient (Wildman–Crippen LogP) is 3.65. The van der Waals surface area contributed by atoms with Crippen LogP contribution in [0.3, 0.4) is 0 Å².